The fourth-order valence-electron chi connectivity index (χ4n) is 5.09. The summed E-state index contributed by atoms with van der Waals surface area (Å²) in [6.07, 6.45) is 0. The summed E-state index contributed by atoms with van der Waals surface area (Å²) in [4.78, 5) is 18.8. The van der Waals surface area contributed by atoms with Gasteiger partial charge in [0.1, 0.15) is 5.82 Å². The van der Waals surface area contributed by atoms with Crippen molar-refractivity contribution < 1.29 is 22.7 Å². The summed E-state index contributed by atoms with van der Waals surface area (Å²) >= 11 is 0. The van der Waals surface area contributed by atoms with E-state index in [2.05, 4.69) is 9.74 Å². The Bertz CT molecular complexity index is 1540. The average molecular weight is 521 g/mol. The van der Waals surface area contributed by atoms with Crippen LogP contribution in [0.2, 0.25) is 0 Å². The molecule has 2 heterocycles. The van der Waals surface area contributed by atoms with Crippen LogP contribution in [0.4, 0.5) is 21.5 Å². The number of sulfonamides is 1. The maximum Gasteiger partial charge on any atom is 0.317 e. The third kappa shape index (κ3) is 4.63. The molecule has 1 N–H and O–H groups in total. The summed E-state index contributed by atoms with van der Waals surface area (Å²) in [5, 5.41) is 9.26. The highest BCUT2D eigenvalue weighted by atomic mass is 32.2. The number of carbonyl (C=O) groups is 1. The van der Waals surface area contributed by atoms with E-state index in [1.165, 1.54) is 22.5 Å². The Labute approximate surface area is 215 Å². The number of rotatable bonds is 5. The number of hydrogen-bond acceptors (Lipinski definition) is 5. The molecule has 3 aromatic rings. The van der Waals surface area contributed by atoms with E-state index >= 15 is 0 Å². The Morgan fingerprint density at radius 2 is 1.89 bits per heavy atom. The number of hydrogen-bond donors (Lipinski definition) is 1. The molecule has 10 heteroatoms. The summed E-state index contributed by atoms with van der Waals surface area (Å²) in [6.45, 7) is 10.6. The molecule has 0 spiro atoms. The first-order valence-corrected chi connectivity index (χ1v) is 13.2. The molecular formula is C27H25FN4O4S. The second kappa shape index (κ2) is 9.50. The van der Waals surface area contributed by atoms with Gasteiger partial charge in [-0.05, 0) is 54.4 Å². The number of carboxylic acid groups (broad SMARTS) is 1. The van der Waals surface area contributed by atoms with Gasteiger partial charge in [0.15, 0.2) is 5.69 Å². The average Bonchev–Trinajstić information content (AvgIpc) is 2.87. The predicted molar refractivity (Wildman–Crippen MR) is 139 cm³/mol. The Morgan fingerprint density at radius 3 is 2.62 bits per heavy atom. The molecule has 1 fully saturated rings. The smallest absolute Gasteiger partial charge is 0.317 e. The molecule has 1 atom stereocenters. The molecule has 2 aliphatic rings. The highest BCUT2D eigenvalue weighted by Crippen LogP contribution is 2.42. The fraction of sp³-hybridized carbons (Fsp3) is 0.259. The molecule has 0 aliphatic carbocycles. The minimum absolute atomic E-state index is 0.114. The van der Waals surface area contributed by atoms with E-state index in [1.54, 1.807) is 36.4 Å². The fourth-order valence-corrected chi connectivity index (χ4v) is 6.70. The van der Waals surface area contributed by atoms with Gasteiger partial charge in [-0.15, -0.1) is 0 Å². The number of aryl methyl sites for hydroxylation is 1. The maximum absolute atomic E-state index is 14.8. The van der Waals surface area contributed by atoms with Crippen LogP contribution < -0.4 is 9.21 Å². The standard InChI is InChI=1S/C27H25FN4O4S/c1-18-4-3-5-22(12-18)37(35,36)32-16-21-15-30(17-27(33)34)10-11-31(21)25-9-6-19(13-26(25)32)23-14-20(29-2)7-8-24(23)28/h3-9,12-14,21H,10-11,15-17H2,1H3,(H,33,34)/t21-/m0/s1. The first kappa shape index (κ1) is 24.7. The Balaban J connectivity index is 1.64. The van der Waals surface area contributed by atoms with Crippen molar-refractivity contribution in [2.45, 2.75) is 17.9 Å². The van der Waals surface area contributed by atoms with Gasteiger partial charge < -0.3 is 10.0 Å². The van der Waals surface area contributed by atoms with Crippen LogP contribution in [-0.4, -0.2) is 63.2 Å². The van der Waals surface area contributed by atoms with E-state index in [9.17, 15) is 22.7 Å². The molecule has 0 bridgehead atoms. The van der Waals surface area contributed by atoms with E-state index in [4.69, 9.17) is 6.57 Å². The summed E-state index contributed by atoms with van der Waals surface area (Å²) in [6, 6.07) is 15.7. The lowest BCUT2D eigenvalue weighted by Gasteiger charge is -2.49. The Kier molecular flexibility index (Phi) is 6.35. The van der Waals surface area contributed by atoms with Crippen molar-refractivity contribution in [3.63, 3.8) is 0 Å². The van der Waals surface area contributed by atoms with Gasteiger partial charge in [0.2, 0.25) is 0 Å². The van der Waals surface area contributed by atoms with Crippen LogP contribution in [-0.2, 0) is 14.8 Å². The summed E-state index contributed by atoms with van der Waals surface area (Å²) in [7, 11) is -3.98. The van der Waals surface area contributed by atoms with E-state index in [1.807, 2.05) is 17.9 Å². The largest absolute Gasteiger partial charge is 0.480 e. The molecule has 190 valence electrons. The lowest BCUT2D eigenvalue weighted by Crippen LogP contribution is -2.61. The number of anilines is 2. The SMILES string of the molecule is [C-]#[N+]c1ccc(F)c(-c2ccc3c(c2)N(S(=O)(=O)c2cccc(C)c2)C[C@@H]2CN(CC(=O)O)CCN32)c1. The second-order valence-electron chi connectivity index (χ2n) is 9.31. The summed E-state index contributed by atoms with van der Waals surface area (Å²) < 4.78 is 44.0. The van der Waals surface area contributed by atoms with Gasteiger partial charge in [0.05, 0.1) is 42.0 Å². The van der Waals surface area contributed by atoms with E-state index in [0.717, 1.165) is 5.56 Å². The van der Waals surface area contributed by atoms with Crippen LogP contribution in [0, 0.1) is 19.3 Å². The molecule has 8 nitrogen and oxygen atoms in total. The first-order chi connectivity index (χ1) is 17.7. The van der Waals surface area contributed by atoms with Crippen LogP contribution in [0.25, 0.3) is 16.0 Å². The zero-order valence-corrected chi connectivity index (χ0v) is 20.9. The molecule has 0 amide bonds. The summed E-state index contributed by atoms with van der Waals surface area (Å²) in [5.41, 5.74) is 2.89. The highest BCUT2D eigenvalue weighted by Gasteiger charge is 2.40. The number of fused-ring (bicyclic) bond motifs is 3. The Morgan fingerprint density at radius 1 is 1.08 bits per heavy atom. The molecule has 37 heavy (non-hydrogen) atoms. The zero-order chi connectivity index (χ0) is 26.3. The summed E-state index contributed by atoms with van der Waals surface area (Å²) in [5.74, 6) is -1.43. The van der Waals surface area contributed by atoms with Crippen LogP contribution >= 0.6 is 0 Å². The van der Waals surface area contributed by atoms with Gasteiger partial charge in [-0.3, -0.25) is 14.0 Å². The number of halogens is 1. The van der Waals surface area contributed by atoms with E-state index < -0.39 is 21.8 Å². The molecule has 3 aromatic carbocycles. The minimum atomic E-state index is -3.98. The van der Waals surface area contributed by atoms with Gasteiger partial charge in [-0.25, -0.2) is 17.7 Å². The van der Waals surface area contributed by atoms with E-state index in [0.29, 0.717) is 36.6 Å². The number of nitrogens with zero attached hydrogens (tertiary/aromatic N) is 4. The van der Waals surface area contributed by atoms with Crippen molar-refractivity contribution >= 4 is 33.1 Å². The number of aliphatic carboxylic acids is 1. The molecule has 0 unspecified atom stereocenters. The molecular weight excluding hydrogens is 495 g/mol. The lowest BCUT2D eigenvalue weighted by atomic mass is 9.99. The molecule has 1 saturated heterocycles. The van der Waals surface area contributed by atoms with Gasteiger partial charge >= 0.3 is 5.97 Å². The highest BCUT2D eigenvalue weighted by molar-refractivity contribution is 7.92. The predicted octanol–water partition coefficient (Wildman–Crippen LogP) is 4.14. The molecule has 0 saturated carbocycles. The van der Waals surface area contributed by atoms with Gasteiger partial charge in [-0.2, -0.15) is 0 Å². The molecule has 2 aliphatic heterocycles. The van der Waals surface area contributed by atoms with Crippen LogP contribution in [0.5, 0.6) is 0 Å². The zero-order valence-electron chi connectivity index (χ0n) is 20.1. The van der Waals surface area contributed by atoms with Crippen LogP contribution in [0.3, 0.4) is 0 Å². The monoisotopic (exact) mass is 520 g/mol. The number of benzene rings is 3. The van der Waals surface area contributed by atoms with Gasteiger partial charge in [0.25, 0.3) is 10.0 Å². The number of carboxylic acids is 1. The quantitative estimate of drug-likeness (QED) is 0.509. The van der Waals surface area contributed by atoms with Gasteiger partial charge in [-0.1, -0.05) is 24.3 Å². The van der Waals surface area contributed by atoms with Crippen molar-refractivity contribution in [2.24, 2.45) is 0 Å². The van der Waals surface area contributed by atoms with E-state index in [-0.39, 0.29) is 35.3 Å². The third-order valence-corrected chi connectivity index (χ3v) is 8.60. The van der Waals surface area contributed by atoms with Crippen molar-refractivity contribution in [1.29, 1.82) is 0 Å². The molecule has 5 rings (SSSR count). The van der Waals surface area contributed by atoms with Crippen molar-refractivity contribution in [1.82, 2.24) is 4.90 Å². The van der Waals surface area contributed by atoms with Crippen LogP contribution in [0.1, 0.15) is 5.56 Å². The number of piperazine rings is 1. The van der Waals surface area contributed by atoms with Crippen molar-refractivity contribution in [3.05, 3.63) is 83.5 Å². The van der Waals surface area contributed by atoms with Crippen molar-refractivity contribution in [2.75, 3.05) is 41.9 Å². The molecule has 0 aromatic heterocycles. The topological polar surface area (TPSA) is 85.5 Å². The second-order valence-corrected chi connectivity index (χ2v) is 11.2. The van der Waals surface area contributed by atoms with Crippen LogP contribution in [0.15, 0.2) is 65.6 Å². The minimum Gasteiger partial charge on any atom is -0.480 e. The maximum atomic E-state index is 14.8. The molecule has 0 radical (unpaired) electrons. The third-order valence-electron chi connectivity index (χ3n) is 6.82. The Hall–Kier alpha value is -3.94. The van der Waals surface area contributed by atoms with Gasteiger partial charge in [0, 0.05) is 25.2 Å². The normalized spacial score (nSPS) is 17.6. The van der Waals surface area contributed by atoms with Crippen molar-refractivity contribution in [3.8, 4) is 11.1 Å². The lowest BCUT2D eigenvalue weighted by molar-refractivity contribution is -0.138. The first-order valence-electron chi connectivity index (χ1n) is 11.8.